The number of halogens is 3. The van der Waals surface area contributed by atoms with Crippen LogP contribution in [0.25, 0.3) is 10.5 Å². The van der Waals surface area contributed by atoms with E-state index in [4.69, 9.17) is 11.3 Å². The molecular weight excluding hydrogens is 381 g/mol. The fourth-order valence-electron chi connectivity index (χ4n) is 4.11. The van der Waals surface area contributed by atoms with Crippen LogP contribution >= 0.6 is 0 Å². The normalized spacial score (nSPS) is 28.5. The number of benzene rings is 1. The van der Waals surface area contributed by atoms with Crippen LogP contribution in [0, 0.1) is 6.57 Å². The second-order valence-electron chi connectivity index (χ2n) is 7.05. The van der Waals surface area contributed by atoms with Crippen LogP contribution in [0.5, 0.6) is 11.8 Å². The van der Waals surface area contributed by atoms with E-state index in [0.29, 0.717) is 6.07 Å². The summed E-state index contributed by atoms with van der Waals surface area (Å²) in [5, 5.41) is 31.5. The number of hydrogen-bond donors (Lipinski definition) is 3. The molecule has 4 rings (SSSR count). The lowest BCUT2D eigenvalue weighted by atomic mass is 9.77. The Morgan fingerprint density at radius 1 is 1.21 bits per heavy atom. The molecule has 1 saturated heterocycles. The summed E-state index contributed by atoms with van der Waals surface area (Å²) in [6.45, 7) is 9.55. The van der Waals surface area contributed by atoms with Gasteiger partial charge >= 0.3 is 6.18 Å². The summed E-state index contributed by atoms with van der Waals surface area (Å²) < 4.78 is 46.2. The van der Waals surface area contributed by atoms with Gasteiger partial charge < -0.3 is 20.1 Å². The summed E-state index contributed by atoms with van der Waals surface area (Å²) in [5.74, 6) is -2.06. The van der Waals surface area contributed by atoms with Crippen molar-refractivity contribution in [2.24, 2.45) is 0 Å². The first-order valence-electron chi connectivity index (χ1n) is 8.07. The molecule has 0 radical (unpaired) electrons. The number of ether oxygens (including phenoxy) is 1. The monoisotopic (exact) mass is 394 g/mol. The van der Waals surface area contributed by atoms with E-state index in [-0.39, 0.29) is 16.8 Å². The number of aliphatic hydroxyl groups is 1. The van der Waals surface area contributed by atoms with E-state index in [0.717, 1.165) is 16.7 Å². The predicted molar refractivity (Wildman–Crippen MR) is 87.2 cm³/mol. The van der Waals surface area contributed by atoms with E-state index in [1.54, 1.807) is 0 Å². The van der Waals surface area contributed by atoms with Gasteiger partial charge in [-0.15, -0.1) is 0 Å². The molecule has 0 spiro atoms. The van der Waals surface area contributed by atoms with Gasteiger partial charge in [-0.2, -0.15) is 13.2 Å². The number of fused-ring (bicyclic) bond motifs is 5. The lowest BCUT2D eigenvalue weighted by molar-refractivity contribution is -0.137. The molecule has 0 amide bonds. The molecule has 0 aliphatic carbocycles. The Labute approximate surface area is 156 Å². The van der Waals surface area contributed by atoms with E-state index in [9.17, 15) is 33.3 Å². The summed E-state index contributed by atoms with van der Waals surface area (Å²) in [5.41, 5.74) is -5.72. The Morgan fingerprint density at radius 2 is 1.82 bits per heavy atom. The van der Waals surface area contributed by atoms with Gasteiger partial charge in [0.1, 0.15) is 11.7 Å². The summed E-state index contributed by atoms with van der Waals surface area (Å²) in [4.78, 5) is 15.2. The minimum atomic E-state index is -4.83. The smallest absolute Gasteiger partial charge is 0.407 e. The van der Waals surface area contributed by atoms with Gasteiger partial charge in [0, 0.05) is 0 Å². The van der Waals surface area contributed by atoms with Gasteiger partial charge in [-0.05, 0) is 26.0 Å². The minimum absolute atomic E-state index is 0.0672. The topological polar surface area (TPSA) is 96.3 Å². The Hall–Kier alpha value is -3.03. The maximum atomic E-state index is 13.3. The van der Waals surface area contributed by atoms with Crippen LogP contribution in [0.3, 0.4) is 0 Å². The van der Waals surface area contributed by atoms with Crippen LogP contribution in [0.15, 0.2) is 18.2 Å². The van der Waals surface area contributed by atoms with Crippen molar-refractivity contribution >= 4 is 11.5 Å². The Bertz CT molecular complexity index is 1100. The van der Waals surface area contributed by atoms with Gasteiger partial charge in [-0.1, -0.05) is 6.07 Å². The molecule has 2 aromatic rings. The molecule has 10 heteroatoms. The largest absolute Gasteiger partial charge is 0.494 e. The van der Waals surface area contributed by atoms with E-state index in [1.807, 2.05) is 0 Å². The van der Waals surface area contributed by atoms with Crippen molar-refractivity contribution in [1.82, 2.24) is 4.57 Å². The number of carbonyl (C=O) groups excluding carboxylic acids is 1. The van der Waals surface area contributed by atoms with Crippen LogP contribution < -0.4 is 0 Å². The fourth-order valence-corrected chi connectivity index (χ4v) is 4.11. The van der Waals surface area contributed by atoms with Crippen LogP contribution in [0.4, 0.5) is 18.9 Å². The van der Waals surface area contributed by atoms with E-state index in [1.165, 1.54) is 13.8 Å². The quantitative estimate of drug-likeness (QED) is 0.647. The van der Waals surface area contributed by atoms with Gasteiger partial charge in [0.05, 0.1) is 28.9 Å². The van der Waals surface area contributed by atoms with Gasteiger partial charge in [-0.25, -0.2) is 4.85 Å². The van der Waals surface area contributed by atoms with E-state index in [2.05, 4.69) is 4.85 Å². The molecule has 2 aliphatic rings. The van der Waals surface area contributed by atoms with Crippen molar-refractivity contribution in [2.75, 3.05) is 0 Å². The first-order chi connectivity index (χ1) is 12.9. The van der Waals surface area contributed by atoms with Crippen molar-refractivity contribution in [2.45, 2.75) is 37.3 Å². The maximum Gasteiger partial charge on any atom is 0.407 e. The zero-order valence-electron chi connectivity index (χ0n) is 14.5. The van der Waals surface area contributed by atoms with Gasteiger partial charge in [0.15, 0.2) is 11.3 Å². The zero-order chi connectivity index (χ0) is 20.8. The third-order valence-corrected chi connectivity index (χ3v) is 5.41. The van der Waals surface area contributed by atoms with Crippen LogP contribution in [-0.2, 0) is 26.9 Å². The number of ketones is 1. The number of rotatable bonds is 1. The number of aliphatic hydroxyl groups excluding tert-OH is 1. The van der Waals surface area contributed by atoms with Crippen molar-refractivity contribution in [3.63, 3.8) is 0 Å². The number of Topliss-reactive ketones (excluding diaryl/α,β-unsaturated/α-hetero) is 1. The molecule has 3 N–H and O–H groups in total. The molecule has 2 aliphatic heterocycles. The Morgan fingerprint density at radius 3 is 2.39 bits per heavy atom. The Kier molecular flexibility index (Phi) is 3.32. The van der Waals surface area contributed by atoms with Crippen LogP contribution in [-0.4, -0.2) is 31.8 Å². The molecule has 1 fully saturated rings. The molecule has 3 heterocycles. The third kappa shape index (κ3) is 1.92. The number of hydrogen-bond acceptors (Lipinski definition) is 5. The lowest BCUT2D eigenvalue weighted by Crippen LogP contribution is -2.41. The first-order valence-corrected chi connectivity index (χ1v) is 8.07. The molecule has 1 aromatic carbocycles. The number of carbonyl (C=O) groups is 1. The average molecular weight is 394 g/mol. The van der Waals surface area contributed by atoms with Crippen molar-refractivity contribution in [3.05, 3.63) is 46.3 Å². The minimum Gasteiger partial charge on any atom is -0.494 e. The highest BCUT2D eigenvalue weighted by Crippen LogP contribution is 2.62. The molecule has 3 unspecified atom stereocenters. The predicted octanol–water partition coefficient (Wildman–Crippen LogP) is 2.86. The first kappa shape index (κ1) is 18.3. The number of aromatic hydroxyl groups is 2. The molecule has 7 nitrogen and oxygen atoms in total. The second kappa shape index (κ2) is 5.06. The SMILES string of the molecule is [C-]#[N+]c1ccc(-n2c(O)c3c(c2O)C2(C)OC3(C)C(=O)C2O)cc1C(F)(F)F. The highest BCUT2D eigenvalue weighted by atomic mass is 19.4. The lowest BCUT2D eigenvalue weighted by Gasteiger charge is -2.24. The summed E-state index contributed by atoms with van der Waals surface area (Å²) in [6.07, 6.45) is -6.44. The Balaban J connectivity index is 2.00. The van der Waals surface area contributed by atoms with Crippen molar-refractivity contribution in [1.29, 1.82) is 0 Å². The van der Waals surface area contributed by atoms with Crippen molar-refractivity contribution in [3.8, 4) is 17.4 Å². The van der Waals surface area contributed by atoms with Gasteiger partial charge in [-0.3, -0.25) is 9.36 Å². The number of nitrogens with zero attached hydrogens (tertiary/aromatic N) is 2. The molecule has 3 atom stereocenters. The molecule has 2 bridgehead atoms. The maximum absolute atomic E-state index is 13.3. The molecular formula is C18H13F3N2O5. The van der Waals surface area contributed by atoms with E-state index < -0.39 is 52.3 Å². The van der Waals surface area contributed by atoms with Gasteiger partial charge in [0.2, 0.25) is 17.5 Å². The number of alkyl halides is 3. The highest BCUT2D eigenvalue weighted by molar-refractivity contribution is 5.99. The molecule has 28 heavy (non-hydrogen) atoms. The van der Waals surface area contributed by atoms with E-state index >= 15 is 0 Å². The van der Waals surface area contributed by atoms with Crippen LogP contribution in [0.1, 0.15) is 30.5 Å². The number of aromatic nitrogens is 1. The van der Waals surface area contributed by atoms with Gasteiger partial charge in [0.25, 0.3) is 0 Å². The summed E-state index contributed by atoms with van der Waals surface area (Å²) in [6, 6.07) is 2.67. The summed E-state index contributed by atoms with van der Waals surface area (Å²) in [7, 11) is 0. The molecule has 1 aromatic heterocycles. The summed E-state index contributed by atoms with van der Waals surface area (Å²) >= 11 is 0. The molecule has 0 saturated carbocycles. The highest BCUT2D eigenvalue weighted by Gasteiger charge is 2.69. The fraction of sp³-hybridized carbons (Fsp3) is 0.333. The second-order valence-corrected chi connectivity index (χ2v) is 7.05. The van der Waals surface area contributed by atoms with Crippen LogP contribution in [0.2, 0.25) is 0 Å². The zero-order valence-corrected chi connectivity index (χ0v) is 14.5. The molecule has 146 valence electrons. The third-order valence-electron chi connectivity index (χ3n) is 5.41. The van der Waals surface area contributed by atoms with Crippen molar-refractivity contribution < 1.29 is 38.0 Å². The standard InChI is InChI=1S/C18H13F3N2O5/c1-16-10-11(17(2,28-16)13(25)12(16)24)15(27)23(14(10)26)7-4-5-9(22-3)8(6-7)18(19,20)21/h4-6,12,24,26-27H,1-2H3. The average Bonchev–Trinajstić information content (AvgIpc) is 3.10.